The molecule has 0 aliphatic rings. The zero-order valence-electron chi connectivity index (χ0n) is 18.8. The molecular formula is C30H26F2Si. The third-order valence-electron chi connectivity index (χ3n) is 5.94. The van der Waals surface area contributed by atoms with Gasteiger partial charge in [-0.05, 0) is 46.5 Å². The molecule has 0 aliphatic heterocycles. The fourth-order valence-corrected chi connectivity index (χ4v) is 6.05. The minimum absolute atomic E-state index is 0.222. The summed E-state index contributed by atoms with van der Waals surface area (Å²) < 4.78 is 26.1. The zero-order valence-corrected chi connectivity index (χ0v) is 19.8. The van der Waals surface area contributed by atoms with Crippen LogP contribution in [-0.4, -0.2) is 8.07 Å². The number of hydrogen-bond donors (Lipinski definition) is 0. The Labute approximate surface area is 195 Å². The van der Waals surface area contributed by atoms with Crippen LogP contribution in [-0.2, 0) is 0 Å². The molecule has 0 nitrogen and oxygen atoms in total. The number of halogens is 2. The zero-order chi connectivity index (χ0) is 23.3. The first kappa shape index (κ1) is 22.6. The molecule has 0 saturated heterocycles. The van der Waals surface area contributed by atoms with Crippen molar-refractivity contribution in [2.45, 2.75) is 13.1 Å². The van der Waals surface area contributed by atoms with Gasteiger partial charge in [0.2, 0.25) is 0 Å². The predicted molar refractivity (Wildman–Crippen MR) is 140 cm³/mol. The third kappa shape index (κ3) is 5.82. The maximum absolute atomic E-state index is 13.1. The van der Waals surface area contributed by atoms with Gasteiger partial charge in [0.1, 0.15) is 19.7 Å². The van der Waals surface area contributed by atoms with Gasteiger partial charge >= 0.3 is 0 Å². The van der Waals surface area contributed by atoms with E-state index in [1.54, 1.807) is 24.3 Å². The lowest BCUT2D eigenvalue weighted by atomic mass is 10.1. The molecule has 3 heteroatoms. The van der Waals surface area contributed by atoms with Crippen molar-refractivity contribution in [2.75, 3.05) is 0 Å². The summed E-state index contributed by atoms with van der Waals surface area (Å²) in [6.07, 6.45) is 8.09. The minimum atomic E-state index is -1.82. The van der Waals surface area contributed by atoms with Gasteiger partial charge in [0.15, 0.2) is 0 Å². The second kappa shape index (κ2) is 9.93. The molecule has 0 aliphatic carbocycles. The molecule has 0 atom stereocenters. The maximum Gasteiger partial charge on any atom is 0.123 e. The SMILES string of the molecule is C[Si](C)(c1ccc(C=Cc2ccc(F)cc2)cc1)c1ccc(C=Cc2ccc(F)cc2)cc1. The molecule has 0 saturated carbocycles. The topological polar surface area (TPSA) is 0 Å². The highest BCUT2D eigenvalue weighted by Crippen LogP contribution is 2.13. The van der Waals surface area contributed by atoms with E-state index < -0.39 is 8.07 Å². The van der Waals surface area contributed by atoms with Crippen molar-refractivity contribution >= 4 is 42.8 Å². The van der Waals surface area contributed by atoms with Gasteiger partial charge in [-0.15, -0.1) is 0 Å². The highest BCUT2D eigenvalue weighted by Gasteiger charge is 2.25. The van der Waals surface area contributed by atoms with Crippen LogP contribution in [0.5, 0.6) is 0 Å². The average Bonchev–Trinajstić information content (AvgIpc) is 2.84. The van der Waals surface area contributed by atoms with E-state index in [2.05, 4.69) is 61.6 Å². The van der Waals surface area contributed by atoms with Crippen molar-refractivity contribution in [2.24, 2.45) is 0 Å². The minimum Gasteiger partial charge on any atom is -0.207 e. The van der Waals surface area contributed by atoms with Crippen molar-refractivity contribution in [3.63, 3.8) is 0 Å². The van der Waals surface area contributed by atoms with Crippen LogP contribution in [0.25, 0.3) is 24.3 Å². The van der Waals surface area contributed by atoms with Crippen LogP contribution in [0.3, 0.4) is 0 Å². The fraction of sp³-hybridized carbons (Fsp3) is 0.0667. The molecule has 0 bridgehead atoms. The Balaban J connectivity index is 1.45. The molecule has 0 unspecified atom stereocenters. The van der Waals surface area contributed by atoms with E-state index in [-0.39, 0.29) is 11.6 Å². The van der Waals surface area contributed by atoms with Crippen LogP contribution < -0.4 is 10.4 Å². The van der Waals surface area contributed by atoms with Gasteiger partial charge in [-0.3, -0.25) is 0 Å². The molecule has 33 heavy (non-hydrogen) atoms. The molecule has 4 rings (SSSR count). The molecule has 0 heterocycles. The van der Waals surface area contributed by atoms with Crippen LogP contribution >= 0.6 is 0 Å². The average molecular weight is 453 g/mol. The standard InChI is InChI=1S/C30H26F2Si/c1-33(2,29-19-11-25(12-20-29)5-3-23-7-15-27(31)16-8-23)30-21-13-26(14-22-30)6-4-24-9-17-28(32)18-10-24/h3-22H,1-2H3. The maximum atomic E-state index is 13.1. The van der Waals surface area contributed by atoms with Crippen molar-refractivity contribution in [1.82, 2.24) is 0 Å². The third-order valence-corrected chi connectivity index (χ3v) is 9.49. The fourth-order valence-electron chi connectivity index (χ4n) is 3.72. The van der Waals surface area contributed by atoms with E-state index in [1.165, 1.54) is 34.6 Å². The number of hydrogen-bond acceptors (Lipinski definition) is 0. The lowest BCUT2D eigenvalue weighted by molar-refractivity contribution is 0.627. The summed E-state index contributed by atoms with van der Waals surface area (Å²) in [7, 11) is -1.82. The van der Waals surface area contributed by atoms with Crippen LogP contribution in [0.4, 0.5) is 8.78 Å². The van der Waals surface area contributed by atoms with Crippen molar-refractivity contribution < 1.29 is 8.78 Å². The van der Waals surface area contributed by atoms with E-state index in [0.717, 1.165) is 22.3 Å². The van der Waals surface area contributed by atoms with E-state index in [9.17, 15) is 8.78 Å². The second-order valence-electron chi connectivity index (χ2n) is 8.64. The Hall–Kier alpha value is -3.56. The lowest BCUT2D eigenvalue weighted by Gasteiger charge is -2.24. The molecule has 4 aromatic carbocycles. The molecule has 4 aromatic rings. The van der Waals surface area contributed by atoms with E-state index in [0.29, 0.717) is 0 Å². The molecule has 0 radical (unpaired) electrons. The Bertz CT molecular complexity index is 1150. The summed E-state index contributed by atoms with van der Waals surface area (Å²) in [5.74, 6) is -0.443. The van der Waals surface area contributed by atoms with Gasteiger partial charge in [-0.1, -0.05) is 121 Å². The van der Waals surface area contributed by atoms with Gasteiger partial charge in [0, 0.05) is 0 Å². The summed E-state index contributed by atoms with van der Waals surface area (Å²) in [5.41, 5.74) is 4.19. The van der Waals surface area contributed by atoms with Crippen molar-refractivity contribution in [1.29, 1.82) is 0 Å². The summed E-state index contributed by atoms with van der Waals surface area (Å²) >= 11 is 0. The first-order chi connectivity index (χ1) is 15.9. The molecule has 0 amide bonds. The highest BCUT2D eigenvalue weighted by atomic mass is 28.3. The van der Waals surface area contributed by atoms with Gasteiger partial charge in [-0.25, -0.2) is 8.78 Å². The molecular weight excluding hydrogens is 426 g/mol. The van der Waals surface area contributed by atoms with Crippen LogP contribution in [0.1, 0.15) is 22.3 Å². The quantitative estimate of drug-likeness (QED) is 0.216. The molecule has 0 N–H and O–H groups in total. The Morgan fingerprint density at radius 3 is 0.939 bits per heavy atom. The first-order valence-corrected chi connectivity index (χ1v) is 14.0. The summed E-state index contributed by atoms with van der Waals surface area (Å²) in [6.45, 7) is 4.72. The Kier molecular flexibility index (Phi) is 6.81. The largest absolute Gasteiger partial charge is 0.207 e. The summed E-state index contributed by atoms with van der Waals surface area (Å²) in [6, 6.07) is 30.4. The Morgan fingerprint density at radius 1 is 0.424 bits per heavy atom. The summed E-state index contributed by atoms with van der Waals surface area (Å²) in [5, 5.41) is 2.74. The monoisotopic (exact) mass is 452 g/mol. The normalized spacial score (nSPS) is 12.0. The van der Waals surface area contributed by atoms with Crippen molar-refractivity contribution in [3.8, 4) is 0 Å². The molecule has 0 aromatic heterocycles. The number of rotatable bonds is 6. The molecule has 164 valence electrons. The van der Waals surface area contributed by atoms with Crippen LogP contribution in [0.15, 0.2) is 97.1 Å². The first-order valence-electron chi connectivity index (χ1n) is 11.0. The van der Waals surface area contributed by atoms with Gasteiger partial charge < -0.3 is 0 Å². The van der Waals surface area contributed by atoms with Gasteiger partial charge in [-0.2, -0.15) is 0 Å². The van der Waals surface area contributed by atoms with E-state index in [1.807, 2.05) is 24.3 Å². The molecule has 0 fully saturated rings. The smallest absolute Gasteiger partial charge is 0.123 e. The second-order valence-corrected chi connectivity index (χ2v) is 13.0. The number of benzene rings is 4. The summed E-state index contributed by atoms with van der Waals surface area (Å²) in [4.78, 5) is 0. The van der Waals surface area contributed by atoms with Crippen LogP contribution in [0.2, 0.25) is 13.1 Å². The lowest BCUT2D eigenvalue weighted by Crippen LogP contribution is -2.52. The van der Waals surface area contributed by atoms with E-state index in [4.69, 9.17) is 0 Å². The highest BCUT2D eigenvalue weighted by molar-refractivity contribution is 7.00. The predicted octanol–water partition coefficient (Wildman–Crippen LogP) is 7.13. The molecule has 0 spiro atoms. The Morgan fingerprint density at radius 2 is 0.667 bits per heavy atom. The van der Waals surface area contributed by atoms with Crippen LogP contribution in [0, 0.1) is 11.6 Å². The van der Waals surface area contributed by atoms with Gasteiger partial charge in [0.05, 0.1) is 0 Å². The van der Waals surface area contributed by atoms with E-state index >= 15 is 0 Å². The van der Waals surface area contributed by atoms with Gasteiger partial charge in [0.25, 0.3) is 0 Å². The van der Waals surface area contributed by atoms with Crippen molar-refractivity contribution in [3.05, 3.63) is 131 Å².